The highest BCUT2D eigenvalue weighted by molar-refractivity contribution is 5.43. The highest BCUT2D eigenvalue weighted by Gasteiger charge is 2.57. The summed E-state index contributed by atoms with van der Waals surface area (Å²) in [5, 5.41) is 0. The molecule has 2 rings (SSSR count). The van der Waals surface area contributed by atoms with Crippen molar-refractivity contribution >= 4 is 0 Å². The second kappa shape index (κ2) is 14.0. The molecule has 35 heavy (non-hydrogen) atoms. The molecule has 3 nitrogen and oxygen atoms in total. The summed E-state index contributed by atoms with van der Waals surface area (Å²) in [7, 11) is 0. The van der Waals surface area contributed by atoms with Crippen molar-refractivity contribution in [2.45, 2.75) is 90.2 Å². The van der Waals surface area contributed by atoms with Gasteiger partial charge in [0.05, 0.1) is 5.56 Å². The van der Waals surface area contributed by atoms with Crippen molar-refractivity contribution in [1.29, 1.82) is 0 Å². The Bertz CT molecular complexity index is 819. The first-order chi connectivity index (χ1) is 16.8. The van der Waals surface area contributed by atoms with Gasteiger partial charge in [-0.05, 0) is 50.5 Å². The lowest BCUT2D eigenvalue weighted by Crippen LogP contribution is -2.58. The van der Waals surface area contributed by atoms with E-state index >= 15 is 0 Å². The van der Waals surface area contributed by atoms with Crippen LogP contribution in [0.25, 0.3) is 0 Å². The van der Waals surface area contributed by atoms with Crippen LogP contribution in [0, 0.1) is 0 Å². The molecule has 0 heterocycles. The molecule has 0 amide bonds. The molecule has 0 aliphatic heterocycles. The number of halogens is 3. The number of alkyl halides is 3. The van der Waals surface area contributed by atoms with Crippen LogP contribution in [-0.4, -0.2) is 25.8 Å². The van der Waals surface area contributed by atoms with Crippen LogP contribution in [0.3, 0.4) is 0 Å². The second-order valence-corrected chi connectivity index (χ2v) is 8.72. The van der Waals surface area contributed by atoms with E-state index in [-0.39, 0.29) is 0 Å². The summed E-state index contributed by atoms with van der Waals surface area (Å²) in [4.78, 5) is 0. The van der Waals surface area contributed by atoms with Gasteiger partial charge in [0.1, 0.15) is 5.41 Å². The Morgan fingerprint density at radius 1 is 0.571 bits per heavy atom. The highest BCUT2D eigenvalue weighted by Crippen LogP contribution is 2.50. The molecule has 196 valence electrons. The smallest absolute Gasteiger partial charge is 0.327 e. The van der Waals surface area contributed by atoms with Gasteiger partial charge >= 0.3 is 6.18 Å². The first kappa shape index (κ1) is 29.3. The first-order valence-electron chi connectivity index (χ1n) is 13.0. The minimum absolute atomic E-state index is 0.325. The van der Waals surface area contributed by atoms with Crippen molar-refractivity contribution in [3.05, 3.63) is 71.3 Å². The molecular weight excluding hydrogens is 453 g/mol. The molecule has 0 aromatic heterocycles. The third kappa shape index (κ3) is 7.08. The van der Waals surface area contributed by atoms with Crippen molar-refractivity contribution in [1.82, 2.24) is 0 Å². The normalized spacial score (nSPS) is 14.1. The summed E-state index contributed by atoms with van der Waals surface area (Å²) in [5.74, 6) is -1.49. The SMILES string of the molecule is CCCCCCCCC(c1ccccc1)(c1ccc(C(F)(F)F)cc1)C(OCC)(OCC)OCC. The maximum absolute atomic E-state index is 13.4. The van der Waals surface area contributed by atoms with Crippen LogP contribution >= 0.6 is 0 Å². The van der Waals surface area contributed by atoms with E-state index in [1.807, 2.05) is 51.1 Å². The maximum atomic E-state index is 13.4. The highest BCUT2D eigenvalue weighted by atomic mass is 19.4. The molecule has 0 bridgehead atoms. The summed E-state index contributed by atoms with van der Waals surface area (Å²) in [6.07, 6.45) is 2.70. The number of hydrogen-bond acceptors (Lipinski definition) is 3. The van der Waals surface area contributed by atoms with Crippen LogP contribution in [-0.2, 0) is 25.8 Å². The fourth-order valence-corrected chi connectivity index (χ4v) is 4.86. The lowest BCUT2D eigenvalue weighted by Gasteiger charge is -2.49. The Labute approximate surface area is 209 Å². The average molecular weight is 495 g/mol. The van der Waals surface area contributed by atoms with Gasteiger partial charge in [-0.2, -0.15) is 13.2 Å². The topological polar surface area (TPSA) is 27.7 Å². The third-order valence-electron chi connectivity index (χ3n) is 6.40. The minimum atomic E-state index is -4.41. The molecule has 0 spiro atoms. The zero-order chi connectivity index (χ0) is 25.8. The first-order valence-corrected chi connectivity index (χ1v) is 13.0. The molecular formula is C29H41F3O3. The summed E-state index contributed by atoms with van der Waals surface area (Å²) in [6.45, 7) is 8.79. The number of unbranched alkanes of at least 4 members (excludes halogenated alkanes) is 5. The Kier molecular flexibility index (Phi) is 11.7. The van der Waals surface area contributed by atoms with Crippen LogP contribution in [0.15, 0.2) is 54.6 Å². The molecule has 0 saturated heterocycles. The van der Waals surface area contributed by atoms with E-state index in [1.165, 1.54) is 19.3 Å². The van der Waals surface area contributed by atoms with Gasteiger partial charge in [0.25, 0.3) is 5.97 Å². The van der Waals surface area contributed by atoms with Crippen molar-refractivity contribution in [3.8, 4) is 0 Å². The van der Waals surface area contributed by atoms with E-state index in [0.717, 1.165) is 37.0 Å². The number of rotatable bonds is 16. The van der Waals surface area contributed by atoms with Crippen molar-refractivity contribution in [2.75, 3.05) is 19.8 Å². The van der Waals surface area contributed by atoms with Gasteiger partial charge in [0.15, 0.2) is 0 Å². The zero-order valence-electron chi connectivity index (χ0n) is 21.6. The summed E-state index contributed by atoms with van der Waals surface area (Å²) in [6, 6.07) is 15.2. The van der Waals surface area contributed by atoms with Gasteiger partial charge in [-0.1, -0.05) is 87.9 Å². The van der Waals surface area contributed by atoms with Crippen LogP contribution in [0.1, 0.15) is 89.3 Å². The second-order valence-electron chi connectivity index (χ2n) is 8.72. The van der Waals surface area contributed by atoms with Crippen molar-refractivity contribution in [3.63, 3.8) is 0 Å². The van der Waals surface area contributed by atoms with Gasteiger partial charge in [0, 0.05) is 19.8 Å². The molecule has 0 N–H and O–H groups in total. The average Bonchev–Trinajstić information content (AvgIpc) is 2.84. The van der Waals surface area contributed by atoms with E-state index in [0.29, 0.717) is 31.8 Å². The monoisotopic (exact) mass is 494 g/mol. The maximum Gasteiger partial charge on any atom is 0.416 e. The van der Waals surface area contributed by atoms with Crippen LogP contribution in [0.4, 0.5) is 13.2 Å². The van der Waals surface area contributed by atoms with Gasteiger partial charge in [-0.15, -0.1) is 0 Å². The quantitative estimate of drug-likeness (QED) is 0.173. The van der Waals surface area contributed by atoms with Crippen LogP contribution in [0.5, 0.6) is 0 Å². The largest absolute Gasteiger partial charge is 0.416 e. The van der Waals surface area contributed by atoms with E-state index < -0.39 is 23.1 Å². The molecule has 1 atom stereocenters. The van der Waals surface area contributed by atoms with E-state index in [2.05, 4.69) is 6.92 Å². The van der Waals surface area contributed by atoms with Crippen LogP contribution in [0.2, 0.25) is 0 Å². The Hall–Kier alpha value is -1.89. The summed E-state index contributed by atoms with van der Waals surface area (Å²) < 4.78 is 59.2. The van der Waals surface area contributed by atoms with Gasteiger partial charge in [-0.25, -0.2) is 0 Å². The Morgan fingerprint density at radius 2 is 1.03 bits per heavy atom. The molecule has 6 heteroatoms. The van der Waals surface area contributed by atoms with Crippen LogP contribution < -0.4 is 0 Å². The molecule has 0 aliphatic carbocycles. The molecule has 0 saturated carbocycles. The van der Waals surface area contributed by atoms with E-state index in [9.17, 15) is 13.2 Å². The molecule has 1 unspecified atom stereocenters. The third-order valence-corrected chi connectivity index (χ3v) is 6.40. The zero-order valence-corrected chi connectivity index (χ0v) is 21.6. The lowest BCUT2D eigenvalue weighted by atomic mass is 9.68. The standard InChI is InChI=1S/C29H41F3O3/c1-5-9-10-11-12-16-23-27(24-17-14-13-15-18-24,29(33-6-2,34-7-3)35-8-4)25-19-21-26(22-20-25)28(30,31)32/h13-15,17-22H,5-12,16,23H2,1-4H3. The fraction of sp³-hybridized carbons (Fsp3) is 0.586. The predicted molar refractivity (Wildman–Crippen MR) is 134 cm³/mol. The molecule has 0 aliphatic rings. The summed E-state index contributed by atoms with van der Waals surface area (Å²) in [5.41, 5.74) is -0.0765. The minimum Gasteiger partial charge on any atom is -0.327 e. The van der Waals surface area contributed by atoms with Gasteiger partial charge < -0.3 is 14.2 Å². The lowest BCUT2D eigenvalue weighted by molar-refractivity contribution is -0.404. The molecule has 2 aromatic rings. The van der Waals surface area contributed by atoms with Gasteiger partial charge in [0.2, 0.25) is 0 Å². The van der Waals surface area contributed by atoms with Gasteiger partial charge in [-0.3, -0.25) is 0 Å². The Morgan fingerprint density at radius 3 is 1.51 bits per heavy atom. The Balaban J connectivity index is 2.71. The number of benzene rings is 2. The van der Waals surface area contributed by atoms with E-state index in [1.54, 1.807) is 12.1 Å². The van der Waals surface area contributed by atoms with Crippen molar-refractivity contribution < 1.29 is 27.4 Å². The fourth-order valence-electron chi connectivity index (χ4n) is 4.86. The molecule has 0 radical (unpaired) electrons. The van der Waals surface area contributed by atoms with E-state index in [4.69, 9.17) is 14.2 Å². The van der Waals surface area contributed by atoms with Crippen molar-refractivity contribution in [2.24, 2.45) is 0 Å². The molecule has 0 fully saturated rings. The number of ether oxygens (including phenoxy) is 3. The molecule has 2 aromatic carbocycles. The summed E-state index contributed by atoms with van der Waals surface area (Å²) >= 11 is 0. The predicted octanol–water partition coefficient (Wildman–Crippen LogP) is 8.51. The number of hydrogen-bond donors (Lipinski definition) is 0.